The third-order valence-corrected chi connectivity index (χ3v) is 16.1. The standard InChI is InChI=1S/C64H46N2O/c1-39-18-5-12-32-54(39)65(57-35-17-29-49-48-28-15-26-43(62(48)67-63(49)57)40-19-3-2-4-20-40)58-38-53-60(46-25-9-8-23-44(46)58)59-42-22-7-6-21-41(42)36-37-51(59)64(53)50-30-11-14-34-56(50)66-55-33-13-10-24-45(55)47-27-16-31-52(64)61(47)66/h5-18,21-38,40H,2-4,19-20H2,1H3. The summed E-state index contributed by atoms with van der Waals surface area (Å²) in [6.07, 6.45) is 6.32. The van der Waals surface area contributed by atoms with Crippen molar-refractivity contribution in [2.45, 2.75) is 50.4 Å². The number of anilines is 3. The molecule has 1 saturated carbocycles. The lowest BCUT2D eigenvalue weighted by atomic mass is 9.65. The van der Waals surface area contributed by atoms with E-state index in [1.807, 2.05) is 0 Å². The molecule has 0 saturated heterocycles. The Balaban J connectivity index is 1.11. The molecule has 1 unspecified atom stereocenters. The second-order valence-corrected chi connectivity index (χ2v) is 19.3. The van der Waals surface area contributed by atoms with Crippen molar-refractivity contribution < 1.29 is 4.42 Å². The molecule has 1 aliphatic heterocycles. The molecule has 318 valence electrons. The first-order valence-corrected chi connectivity index (χ1v) is 24.2. The lowest BCUT2D eigenvalue weighted by molar-refractivity contribution is 0.442. The molecule has 1 fully saturated rings. The zero-order chi connectivity index (χ0) is 44.0. The van der Waals surface area contributed by atoms with Gasteiger partial charge in [-0.05, 0) is 117 Å². The van der Waals surface area contributed by atoms with E-state index in [0.29, 0.717) is 5.92 Å². The van der Waals surface area contributed by atoms with Crippen LogP contribution in [0.1, 0.15) is 71.4 Å². The van der Waals surface area contributed by atoms with Gasteiger partial charge in [0, 0.05) is 32.6 Å². The first-order valence-electron chi connectivity index (χ1n) is 24.2. The minimum atomic E-state index is -0.647. The maximum atomic E-state index is 7.35. The highest BCUT2D eigenvalue weighted by atomic mass is 16.3. The lowest BCUT2D eigenvalue weighted by Gasteiger charge is -2.40. The summed E-state index contributed by atoms with van der Waals surface area (Å²) in [6, 6.07) is 73.4. The molecule has 1 atom stereocenters. The van der Waals surface area contributed by atoms with Gasteiger partial charge in [-0.3, -0.25) is 0 Å². The molecule has 3 nitrogen and oxygen atoms in total. The lowest BCUT2D eigenvalue weighted by Crippen LogP contribution is -2.33. The molecule has 67 heavy (non-hydrogen) atoms. The second kappa shape index (κ2) is 13.8. The van der Waals surface area contributed by atoms with Crippen LogP contribution in [0.2, 0.25) is 0 Å². The number of rotatable bonds is 4. The summed E-state index contributed by atoms with van der Waals surface area (Å²) in [6.45, 7) is 2.25. The number of benzene rings is 10. The Morgan fingerprint density at radius 2 is 1.10 bits per heavy atom. The number of hydrogen-bond donors (Lipinski definition) is 0. The van der Waals surface area contributed by atoms with E-state index in [1.165, 1.54) is 131 Å². The molecule has 1 spiro atoms. The summed E-state index contributed by atoms with van der Waals surface area (Å²) in [5, 5.41) is 9.89. The van der Waals surface area contributed by atoms with Gasteiger partial charge in [-0.1, -0.05) is 183 Å². The topological polar surface area (TPSA) is 21.3 Å². The second-order valence-electron chi connectivity index (χ2n) is 19.3. The van der Waals surface area contributed by atoms with E-state index in [-0.39, 0.29) is 0 Å². The van der Waals surface area contributed by atoms with Crippen LogP contribution >= 0.6 is 0 Å². The van der Waals surface area contributed by atoms with Gasteiger partial charge in [-0.15, -0.1) is 0 Å². The molecule has 0 N–H and O–H groups in total. The van der Waals surface area contributed by atoms with Crippen LogP contribution in [0.25, 0.3) is 82.1 Å². The van der Waals surface area contributed by atoms with Gasteiger partial charge in [-0.2, -0.15) is 0 Å². The molecule has 0 radical (unpaired) electrons. The molecule has 2 aliphatic carbocycles. The number of nitrogens with zero attached hydrogens (tertiary/aromatic N) is 2. The van der Waals surface area contributed by atoms with E-state index in [9.17, 15) is 0 Å². The van der Waals surface area contributed by atoms with Gasteiger partial charge >= 0.3 is 0 Å². The first kappa shape index (κ1) is 37.4. The van der Waals surface area contributed by atoms with Gasteiger partial charge in [0.1, 0.15) is 5.58 Å². The molecule has 3 aliphatic rings. The van der Waals surface area contributed by atoms with Crippen molar-refractivity contribution >= 4 is 82.4 Å². The summed E-state index contributed by atoms with van der Waals surface area (Å²) < 4.78 is 9.90. The molecule has 3 heterocycles. The number of hydrogen-bond acceptors (Lipinski definition) is 2. The first-order chi connectivity index (χ1) is 33.2. The Labute approximate surface area is 389 Å². The zero-order valence-electron chi connectivity index (χ0n) is 37.4. The highest BCUT2D eigenvalue weighted by Gasteiger charge is 2.52. The van der Waals surface area contributed by atoms with Gasteiger partial charge in [-0.25, -0.2) is 0 Å². The summed E-state index contributed by atoms with van der Waals surface area (Å²) in [7, 11) is 0. The molecule has 3 heteroatoms. The van der Waals surface area contributed by atoms with Crippen LogP contribution in [-0.2, 0) is 5.41 Å². The zero-order valence-corrected chi connectivity index (χ0v) is 37.4. The number of fused-ring (bicyclic) bond motifs is 19. The Kier molecular flexibility index (Phi) is 7.71. The minimum Gasteiger partial charge on any atom is -0.454 e. The highest BCUT2D eigenvalue weighted by molar-refractivity contribution is 6.20. The fraction of sp³-hybridized carbons (Fsp3) is 0.125. The third-order valence-electron chi connectivity index (χ3n) is 16.1. The van der Waals surface area contributed by atoms with E-state index < -0.39 is 5.41 Å². The molecule has 12 aromatic rings. The van der Waals surface area contributed by atoms with Crippen LogP contribution < -0.4 is 4.90 Å². The van der Waals surface area contributed by atoms with Crippen LogP contribution in [0.15, 0.2) is 199 Å². The monoisotopic (exact) mass is 858 g/mol. The number of furan rings is 1. The van der Waals surface area contributed by atoms with Gasteiger partial charge < -0.3 is 13.9 Å². The minimum absolute atomic E-state index is 0.519. The largest absolute Gasteiger partial charge is 0.454 e. The normalized spacial score (nSPS) is 16.4. The van der Waals surface area contributed by atoms with Crippen molar-refractivity contribution in [2.24, 2.45) is 0 Å². The Hall–Kier alpha value is -7.88. The van der Waals surface area contributed by atoms with E-state index in [4.69, 9.17) is 4.42 Å². The van der Waals surface area contributed by atoms with Crippen molar-refractivity contribution in [3.8, 4) is 16.8 Å². The van der Waals surface area contributed by atoms with Crippen molar-refractivity contribution in [2.75, 3.05) is 4.90 Å². The number of para-hydroxylation sites is 6. The maximum absolute atomic E-state index is 7.35. The van der Waals surface area contributed by atoms with Crippen molar-refractivity contribution in [1.82, 2.24) is 4.57 Å². The molecule has 0 amide bonds. The Bertz CT molecular complexity index is 4070. The molecule has 0 bridgehead atoms. The quantitative estimate of drug-likeness (QED) is 0.176. The summed E-state index contributed by atoms with van der Waals surface area (Å²) >= 11 is 0. The average molecular weight is 859 g/mol. The van der Waals surface area contributed by atoms with Crippen LogP contribution in [0.3, 0.4) is 0 Å². The summed E-state index contributed by atoms with van der Waals surface area (Å²) in [4.78, 5) is 2.53. The number of aryl methyl sites for hydroxylation is 1. The third kappa shape index (κ3) is 4.86. The fourth-order valence-corrected chi connectivity index (χ4v) is 13.3. The molecule has 15 rings (SSSR count). The predicted molar refractivity (Wildman–Crippen MR) is 279 cm³/mol. The van der Waals surface area contributed by atoms with E-state index in [2.05, 4.69) is 211 Å². The van der Waals surface area contributed by atoms with Gasteiger partial charge in [0.15, 0.2) is 5.58 Å². The van der Waals surface area contributed by atoms with Crippen molar-refractivity contribution in [3.05, 3.63) is 228 Å². The van der Waals surface area contributed by atoms with Gasteiger partial charge in [0.25, 0.3) is 0 Å². The van der Waals surface area contributed by atoms with Crippen molar-refractivity contribution in [3.63, 3.8) is 0 Å². The van der Waals surface area contributed by atoms with Gasteiger partial charge in [0.05, 0.1) is 33.5 Å². The summed E-state index contributed by atoms with van der Waals surface area (Å²) in [5.41, 5.74) is 18.8. The van der Waals surface area contributed by atoms with E-state index in [1.54, 1.807) is 0 Å². The van der Waals surface area contributed by atoms with E-state index in [0.717, 1.165) is 33.6 Å². The fourth-order valence-electron chi connectivity index (χ4n) is 13.3. The van der Waals surface area contributed by atoms with Crippen LogP contribution in [0, 0.1) is 6.92 Å². The van der Waals surface area contributed by atoms with Crippen LogP contribution in [-0.4, -0.2) is 4.57 Å². The molecule has 2 aromatic heterocycles. The molecule has 10 aromatic carbocycles. The van der Waals surface area contributed by atoms with E-state index >= 15 is 0 Å². The van der Waals surface area contributed by atoms with Crippen LogP contribution in [0.4, 0.5) is 17.1 Å². The molecular formula is C64H46N2O. The SMILES string of the molecule is Cc1ccccc1N(c1cc2c(c3ccccc13)-c1c(ccc3ccccc13)C21c2ccccc2-n2c3ccccc3c3cccc1c32)c1cccc2c1oc1c(C3CCCCC3)cccc12. The van der Waals surface area contributed by atoms with Crippen LogP contribution in [0.5, 0.6) is 0 Å². The average Bonchev–Trinajstić information content (AvgIpc) is 4.04. The summed E-state index contributed by atoms with van der Waals surface area (Å²) in [5.74, 6) is 0.519. The highest BCUT2D eigenvalue weighted by Crippen LogP contribution is 2.65. The number of aromatic nitrogens is 1. The Morgan fingerprint density at radius 1 is 0.463 bits per heavy atom. The Morgan fingerprint density at radius 3 is 1.99 bits per heavy atom. The predicted octanol–water partition coefficient (Wildman–Crippen LogP) is 17.5. The molecular weight excluding hydrogens is 813 g/mol. The smallest absolute Gasteiger partial charge is 0.159 e. The van der Waals surface area contributed by atoms with Crippen molar-refractivity contribution in [1.29, 1.82) is 0 Å². The maximum Gasteiger partial charge on any atom is 0.159 e. The van der Waals surface area contributed by atoms with Gasteiger partial charge in [0.2, 0.25) is 0 Å².